The number of hydrogen-bond donors (Lipinski definition) is 1. The molecule has 1 unspecified atom stereocenters. The van der Waals surface area contributed by atoms with Crippen LogP contribution >= 0.6 is 11.6 Å². The van der Waals surface area contributed by atoms with E-state index in [0.29, 0.717) is 11.9 Å². The van der Waals surface area contributed by atoms with Gasteiger partial charge < -0.3 is 5.32 Å². The third-order valence-corrected chi connectivity index (χ3v) is 2.17. The van der Waals surface area contributed by atoms with Crippen molar-refractivity contribution >= 4 is 11.6 Å². The molecule has 0 amide bonds. The standard InChI is InChI=1S/C9H16ClN3/c1-8(3-4-10)11-5-9-6-12-13(2)7-9/h6-8,11H,3-5H2,1-2H3. The number of aryl methyl sites for hydroxylation is 1. The van der Waals surface area contributed by atoms with E-state index in [9.17, 15) is 0 Å². The summed E-state index contributed by atoms with van der Waals surface area (Å²) >= 11 is 5.63. The van der Waals surface area contributed by atoms with E-state index in [1.54, 1.807) is 0 Å². The van der Waals surface area contributed by atoms with Gasteiger partial charge in [-0.3, -0.25) is 4.68 Å². The van der Waals surface area contributed by atoms with Crippen molar-refractivity contribution in [3.05, 3.63) is 18.0 Å². The molecule has 1 aromatic heterocycles. The first-order chi connectivity index (χ1) is 6.22. The maximum Gasteiger partial charge on any atom is 0.0534 e. The molecule has 0 saturated carbocycles. The fraction of sp³-hybridized carbons (Fsp3) is 0.667. The van der Waals surface area contributed by atoms with Crippen LogP contribution in [-0.4, -0.2) is 21.7 Å². The summed E-state index contributed by atoms with van der Waals surface area (Å²) in [6, 6.07) is 0.470. The number of halogens is 1. The molecule has 3 nitrogen and oxygen atoms in total. The average molecular weight is 202 g/mol. The number of alkyl halides is 1. The quantitative estimate of drug-likeness (QED) is 0.733. The molecule has 0 spiro atoms. The predicted octanol–water partition coefficient (Wildman–Crippen LogP) is 1.53. The Morgan fingerprint density at radius 2 is 2.46 bits per heavy atom. The number of rotatable bonds is 5. The van der Waals surface area contributed by atoms with Gasteiger partial charge in [0, 0.05) is 37.3 Å². The van der Waals surface area contributed by atoms with Crippen molar-refractivity contribution in [2.45, 2.75) is 25.9 Å². The van der Waals surface area contributed by atoms with E-state index >= 15 is 0 Å². The van der Waals surface area contributed by atoms with E-state index < -0.39 is 0 Å². The highest BCUT2D eigenvalue weighted by Gasteiger charge is 2.01. The van der Waals surface area contributed by atoms with E-state index in [0.717, 1.165) is 13.0 Å². The van der Waals surface area contributed by atoms with Crippen LogP contribution in [0.3, 0.4) is 0 Å². The molecule has 4 heteroatoms. The monoisotopic (exact) mass is 201 g/mol. The molecule has 0 radical (unpaired) electrons. The summed E-state index contributed by atoms with van der Waals surface area (Å²) in [6.45, 7) is 3.00. The maximum absolute atomic E-state index is 5.63. The van der Waals surface area contributed by atoms with Crippen LogP contribution in [0.5, 0.6) is 0 Å². The zero-order valence-corrected chi connectivity index (χ0v) is 8.88. The number of aromatic nitrogens is 2. The summed E-state index contributed by atoms with van der Waals surface area (Å²) in [5, 5.41) is 7.47. The average Bonchev–Trinajstić information content (AvgIpc) is 2.49. The first-order valence-corrected chi connectivity index (χ1v) is 5.02. The minimum atomic E-state index is 0.470. The molecular formula is C9H16ClN3. The number of nitrogens with zero attached hydrogens (tertiary/aromatic N) is 2. The van der Waals surface area contributed by atoms with Crippen LogP contribution in [0.1, 0.15) is 18.9 Å². The summed E-state index contributed by atoms with van der Waals surface area (Å²) in [5.74, 6) is 0.710. The molecule has 1 N–H and O–H groups in total. The SMILES string of the molecule is CC(CCCl)NCc1cnn(C)c1. The van der Waals surface area contributed by atoms with Crippen molar-refractivity contribution in [3.8, 4) is 0 Å². The van der Waals surface area contributed by atoms with Crippen LogP contribution in [0.15, 0.2) is 12.4 Å². The Morgan fingerprint density at radius 1 is 1.69 bits per heavy atom. The summed E-state index contributed by atoms with van der Waals surface area (Å²) < 4.78 is 1.81. The second-order valence-electron chi connectivity index (χ2n) is 3.28. The van der Waals surface area contributed by atoms with Gasteiger partial charge in [0.05, 0.1) is 6.20 Å². The van der Waals surface area contributed by atoms with Gasteiger partial charge in [-0.15, -0.1) is 11.6 Å². The number of hydrogen-bond acceptors (Lipinski definition) is 2. The molecule has 0 fully saturated rings. The van der Waals surface area contributed by atoms with Crippen LogP contribution < -0.4 is 5.32 Å². The summed E-state index contributed by atoms with van der Waals surface area (Å²) in [7, 11) is 1.92. The molecular weight excluding hydrogens is 186 g/mol. The first-order valence-electron chi connectivity index (χ1n) is 4.49. The molecule has 0 aliphatic carbocycles. The van der Waals surface area contributed by atoms with Crippen LogP contribution in [-0.2, 0) is 13.6 Å². The Hall–Kier alpha value is -0.540. The van der Waals surface area contributed by atoms with Crippen molar-refractivity contribution in [3.63, 3.8) is 0 Å². The van der Waals surface area contributed by atoms with E-state index in [1.807, 2.05) is 24.1 Å². The molecule has 0 aliphatic heterocycles. The van der Waals surface area contributed by atoms with Crippen LogP contribution in [0.4, 0.5) is 0 Å². The molecule has 1 aromatic rings. The second kappa shape index (κ2) is 5.25. The largest absolute Gasteiger partial charge is 0.310 e. The van der Waals surface area contributed by atoms with E-state index in [4.69, 9.17) is 11.6 Å². The lowest BCUT2D eigenvalue weighted by atomic mass is 10.2. The maximum atomic E-state index is 5.63. The topological polar surface area (TPSA) is 29.9 Å². The molecule has 1 heterocycles. The molecule has 74 valence electrons. The van der Waals surface area contributed by atoms with Crippen LogP contribution in [0.25, 0.3) is 0 Å². The molecule has 1 rings (SSSR count). The van der Waals surface area contributed by atoms with Gasteiger partial charge in [0.15, 0.2) is 0 Å². The van der Waals surface area contributed by atoms with E-state index in [1.165, 1.54) is 5.56 Å². The summed E-state index contributed by atoms with van der Waals surface area (Å²) in [5.41, 5.74) is 1.21. The highest BCUT2D eigenvalue weighted by molar-refractivity contribution is 6.17. The third-order valence-electron chi connectivity index (χ3n) is 1.96. The zero-order valence-electron chi connectivity index (χ0n) is 8.13. The van der Waals surface area contributed by atoms with E-state index in [-0.39, 0.29) is 0 Å². The van der Waals surface area contributed by atoms with Crippen LogP contribution in [0, 0.1) is 0 Å². The van der Waals surface area contributed by atoms with Crippen molar-refractivity contribution in [1.29, 1.82) is 0 Å². The predicted molar refractivity (Wildman–Crippen MR) is 54.8 cm³/mol. The second-order valence-corrected chi connectivity index (χ2v) is 3.66. The van der Waals surface area contributed by atoms with Gasteiger partial charge in [0.25, 0.3) is 0 Å². The third kappa shape index (κ3) is 3.79. The first kappa shape index (κ1) is 10.5. The van der Waals surface area contributed by atoms with Crippen molar-refractivity contribution in [2.24, 2.45) is 7.05 Å². The summed E-state index contributed by atoms with van der Waals surface area (Å²) in [6.07, 6.45) is 4.89. The van der Waals surface area contributed by atoms with Gasteiger partial charge in [-0.1, -0.05) is 0 Å². The minimum Gasteiger partial charge on any atom is -0.310 e. The molecule has 0 saturated heterocycles. The van der Waals surface area contributed by atoms with Gasteiger partial charge in [-0.25, -0.2) is 0 Å². The normalized spacial score (nSPS) is 13.2. The van der Waals surface area contributed by atoms with Gasteiger partial charge in [-0.2, -0.15) is 5.10 Å². The summed E-state index contributed by atoms with van der Waals surface area (Å²) in [4.78, 5) is 0. The molecule has 0 bridgehead atoms. The fourth-order valence-electron chi connectivity index (χ4n) is 1.12. The Balaban J connectivity index is 2.26. The van der Waals surface area contributed by atoms with Gasteiger partial charge in [-0.05, 0) is 13.3 Å². The molecule has 0 aliphatic rings. The Kier molecular flexibility index (Phi) is 4.25. The molecule has 13 heavy (non-hydrogen) atoms. The van der Waals surface area contributed by atoms with Gasteiger partial charge >= 0.3 is 0 Å². The fourth-order valence-corrected chi connectivity index (χ4v) is 1.45. The Morgan fingerprint density at radius 3 is 3.00 bits per heavy atom. The Bertz CT molecular complexity index is 247. The minimum absolute atomic E-state index is 0.470. The lowest BCUT2D eigenvalue weighted by molar-refractivity contribution is 0.536. The number of nitrogens with one attached hydrogen (secondary N) is 1. The van der Waals surface area contributed by atoms with Crippen molar-refractivity contribution < 1.29 is 0 Å². The zero-order chi connectivity index (χ0) is 9.68. The Labute approximate surface area is 84.1 Å². The van der Waals surface area contributed by atoms with Crippen molar-refractivity contribution in [2.75, 3.05) is 5.88 Å². The van der Waals surface area contributed by atoms with Gasteiger partial charge in [0.2, 0.25) is 0 Å². The molecule has 1 atom stereocenters. The highest BCUT2D eigenvalue weighted by atomic mass is 35.5. The smallest absolute Gasteiger partial charge is 0.0534 e. The van der Waals surface area contributed by atoms with Gasteiger partial charge in [0.1, 0.15) is 0 Å². The lowest BCUT2D eigenvalue weighted by Gasteiger charge is -2.10. The van der Waals surface area contributed by atoms with E-state index in [2.05, 4.69) is 17.3 Å². The lowest BCUT2D eigenvalue weighted by Crippen LogP contribution is -2.25. The highest BCUT2D eigenvalue weighted by Crippen LogP contribution is 1.98. The van der Waals surface area contributed by atoms with Crippen molar-refractivity contribution in [1.82, 2.24) is 15.1 Å². The van der Waals surface area contributed by atoms with Crippen LogP contribution in [0.2, 0.25) is 0 Å². The molecule has 0 aromatic carbocycles.